The third-order valence-corrected chi connectivity index (χ3v) is 2.79. The van der Waals surface area contributed by atoms with Gasteiger partial charge in [-0.1, -0.05) is 18.2 Å². The van der Waals surface area contributed by atoms with E-state index in [1.165, 1.54) is 4.68 Å². The van der Waals surface area contributed by atoms with Gasteiger partial charge in [0.15, 0.2) is 5.11 Å². The molecule has 0 spiro atoms. The van der Waals surface area contributed by atoms with Crippen LogP contribution in [0.25, 0.3) is 5.69 Å². The number of para-hydroxylation sites is 1. The SMILES string of the molecule is Cc1[nH]n(-c2ccccc2)c(=O)c1CNC(N)=S. The molecule has 0 saturated carbocycles. The molecule has 1 aromatic heterocycles. The number of nitrogens with two attached hydrogens (primary N) is 1. The van der Waals surface area contributed by atoms with Gasteiger partial charge in [0.1, 0.15) is 0 Å². The number of nitrogens with zero attached hydrogens (tertiary/aromatic N) is 1. The lowest BCUT2D eigenvalue weighted by Crippen LogP contribution is -2.31. The Hall–Kier alpha value is -2.08. The van der Waals surface area contributed by atoms with Crippen LogP contribution in [0.1, 0.15) is 11.3 Å². The maximum Gasteiger partial charge on any atom is 0.276 e. The van der Waals surface area contributed by atoms with Crippen molar-refractivity contribution in [2.75, 3.05) is 0 Å². The zero-order valence-electron chi connectivity index (χ0n) is 9.93. The van der Waals surface area contributed by atoms with Gasteiger partial charge in [0.25, 0.3) is 5.56 Å². The van der Waals surface area contributed by atoms with Gasteiger partial charge in [-0.2, -0.15) is 0 Å². The van der Waals surface area contributed by atoms with Crippen LogP contribution in [-0.2, 0) is 6.54 Å². The third kappa shape index (κ3) is 2.43. The summed E-state index contributed by atoms with van der Waals surface area (Å²) >= 11 is 4.73. The fourth-order valence-electron chi connectivity index (χ4n) is 1.72. The van der Waals surface area contributed by atoms with Crippen molar-refractivity contribution in [3.05, 3.63) is 51.9 Å². The molecule has 0 aliphatic heterocycles. The fourth-order valence-corrected chi connectivity index (χ4v) is 1.80. The molecule has 18 heavy (non-hydrogen) atoms. The zero-order valence-corrected chi connectivity index (χ0v) is 10.8. The van der Waals surface area contributed by atoms with E-state index in [2.05, 4.69) is 10.4 Å². The number of nitrogens with one attached hydrogen (secondary N) is 2. The molecule has 0 atom stereocenters. The maximum absolute atomic E-state index is 12.2. The molecule has 0 fully saturated rings. The normalized spacial score (nSPS) is 10.3. The number of hydrogen-bond donors (Lipinski definition) is 3. The quantitative estimate of drug-likeness (QED) is 0.715. The van der Waals surface area contributed by atoms with Crippen LogP contribution in [0.3, 0.4) is 0 Å². The Morgan fingerprint density at radius 1 is 1.44 bits per heavy atom. The first-order valence-corrected chi connectivity index (χ1v) is 5.89. The molecule has 0 radical (unpaired) electrons. The molecule has 1 aromatic carbocycles. The molecule has 0 bridgehead atoms. The highest BCUT2D eigenvalue weighted by Crippen LogP contribution is 2.06. The molecule has 4 N–H and O–H groups in total. The topological polar surface area (TPSA) is 75.8 Å². The second-order valence-corrected chi connectivity index (χ2v) is 4.35. The summed E-state index contributed by atoms with van der Waals surface area (Å²) in [4.78, 5) is 12.2. The number of aromatic nitrogens is 2. The fraction of sp³-hybridized carbons (Fsp3) is 0.167. The summed E-state index contributed by atoms with van der Waals surface area (Å²) in [5, 5.41) is 6.00. The molecule has 1 heterocycles. The number of aromatic amines is 1. The largest absolute Gasteiger partial charge is 0.376 e. The van der Waals surface area contributed by atoms with Crippen LogP contribution in [0, 0.1) is 6.92 Å². The number of benzene rings is 1. The summed E-state index contributed by atoms with van der Waals surface area (Å²) in [6, 6.07) is 9.39. The Morgan fingerprint density at radius 3 is 2.72 bits per heavy atom. The Morgan fingerprint density at radius 2 is 2.11 bits per heavy atom. The number of H-pyrrole nitrogens is 1. The van der Waals surface area contributed by atoms with E-state index in [9.17, 15) is 4.79 Å². The van der Waals surface area contributed by atoms with Gasteiger partial charge in [0, 0.05) is 12.2 Å². The molecule has 2 aromatic rings. The number of rotatable bonds is 3. The van der Waals surface area contributed by atoms with Gasteiger partial charge in [0.2, 0.25) is 0 Å². The summed E-state index contributed by atoms with van der Waals surface area (Å²) in [6.07, 6.45) is 0. The molecule has 0 saturated heterocycles. The summed E-state index contributed by atoms with van der Waals surface area (Å²) < 4.78 is 1.51. The summed E-state index contributed by atoms with van der Waals surface area (Å²) in [5.41, 5.74) is 7.49. The Labute approximate surface area is 110 Å². The first kappa shape index (κ1) is 12.4. The molecule has 94 valence electrons. The lowest BCUT2D eigenvalue weighted by molar-refractivity contribution is 0.832. The highest BCUT2D eigenvalue weighted by Gasteiger charge is 2.11. The molecule has 0 amide bonds. The predicted molar refractivity (Wildman–Crippen MR) is 74.8 cm³/mol. The first-order chi connectivity index (χ1) is 8.59. The number of aryl methyl sites for hydroxylation is 1. The van der Waals surface area contributed by atoms with Gasteiger partial charge < -0.3 is 11.1 Å². The van der Waals surface area contributed by atoms with Crippen molar-refractivity contribution in [3.8, 4) is 5.69 Å². The van der Waals surface area contributed by atoms with Crippen molar-refractivity contribution in [1.29, 1.82) is 0 Å². The van der Waals surface area contributed by atoms with Crippen molar-refractivity contribution in [2.24, 2.45) is 5.73 Å². The molecule has 0 unspecified atom stereocenters. The maximum atomic E-state index is 12.2. The van der Waals surface area contributed by atoms with Crippen LogP contribution < -0.4 is 16.6 Å². The van der Waals surface area contributed by atoms with Crippen LogP contribution in [0.15, 0.2) is 35.1 Å². The van der Waals surface area contributed by atoms with E-state index in [-0.39, 0.29) is 10.7 Å². The van der Waals surface area contributed by atoms with E-state index in [1.807, 2.05) is 37.3 Å². The lowest BCUT2D eigenvalue weighted by Gasteiger charge is -2.00. The van der Waals surface area contributed by atoms with Crippen molar-refractivity contribution >= 4 is 17.3 Å². The summed E-state index contributed by atoms with van der Waals surface area (Å²) in [5.74, 6) is 0. The summed E-state index contributed by atoms with van der Waals surface area (Å²) in [7, 11) is 0. The zero-order chi connectivity index (χ0) is 13.1. The standard InChI is InChI=1S/C12H14N4OS/c1-8-10(7-14-12(13)18)11(17)16(15-8)9-5-3-2-4-6-9/h2-6,15H,7H2,1H3,(H3,13,14,18). The van der Waals surface area contributed by atoms with E-state index in [1.54, 1.807) is 0 Å². The first-order valence-electron chi connectivity index (χ1n) is 5.49. The van der Waals surface area contributed by atoms with E-state index in [0.717, 1.165) is 11.4 Å². The molecule has 0 aliphatic carbocycles. The Bertz CT molecular complexity index is 615. The van der Waals surface area contributed by atoms with Gasteiger partial charge in [-0.05, 0) is 31.3 Å². The van der Waals surface area contributed by atoms with Crippen molar-refractivity contribution in [1.82, 2.24) is 15.1 Å². The third-order valence-electron chi connectivity index (χ3n) is 2.65. The second kappa shape index (κ2) is 5.05. The minimum Gasteiger partial charge on any atom is -0.376 e. The van der Waals surface area contributed by atoms with Gasteiger partial charge in [-0.15, -0.1) is 0 Å². The minimum atomic E-state index is -0.0950. The van der Waals surface area contributed by atoms with E-state index in [0.29, 0.717) is 12.1 Å². The Kier molecular flexibility index (Phi) is 3.47. The number of thiocarbonyl (C=S) groups is 1. The van der Waals surface area contributed by atoms with E-state index < -0.39 is 0 Å². The molecular weight excluding hydrogens is 248 g/mol. The lowest BCUT2D eigenvalue weighted by atomic mass is 10.2. The van der Waals surface area contributed by atoms with Crippen LogP contribution in [0.4, 0.5) is 0 Å². The van der Waals surface area contributed by atoms with Crippen molar-refractivity contribution in [3.63, 3.8) is 0 Å². The van der Waals surface area contributed by atoms with Crippen LogP contribution in [0.2, 0.25) is 0 Å². The molecular formula is C12H14N4OS. The number of hydrogen-bond acceptors (Lipinski definition) is 2. The van der Waals surface area contributed by atoms with E-state index >= 15 is 0 Å². The predicted octanol–water partition coefficient (Wildman–Crippen LogP) is 0.807. The average molecular weight is 262 g/mol. The highest BCUT2D eigenvalue weighted by atomic mass is 32.1. The smallest absolute Gasteiger partial charge is 0.276 e. The molecule has 0 aliphatic rings. The second-order valence-electron chi connectivity index (χ2n) is 3.91. The monoisotopic (exact) mass is 262 g/mol. The van der Waals surface area contributed by atoms with Gasteiger partial charge in [-0.25, -0.2) is 4.68 Å². The van der Waals surface area contributed by atoms with Crippen molar-refractivity contribution in [2.45, 2.75) is 13.5 Å². The summed E-state index contributed by atoms with van der Waals surface area (Å²) in [6.45, 7) is 2.17. The molecule has 5 nitrogen and oxygen atoms in total. The van der Waals surface area contributed by atoms with Crippen molar-refractivity contribution < 1.29 is 0 Å². The minimum absolute atomic E-state index is 0.0950. The van der Waals surface area contributed by atoms with Gasteiger partial charge in [0.05, 0.1) is 11.3 Å². The highest BCUT2D eigenvalue weighted by molar-refractivity contribution is 7.80. The van der Waals surface area contributed by atoms with Gasteiger partial charge in [-0.3, -0.25) is 9.89 Å². The van der Waals surface area contributed by atoms with E-state index in [4.69, 9.17) is 18.0 Å². The molecule has 6 heteroatoms. The van der Waals surface area contributed by atoms with Gasteiger partial charge >= 0.3 is 0 Å². The average Bonchev–Trinajstić information content (AvgIpc) is 2.63. The Balaban J connectivity index is 2.38. The molecule has 2 rings (SSSR count). The van der Waals surface area contributed by atoms with Crippen LogP contribution in [0.5, 0.6) is 0 Å². The van der Waals surface area contributed by atoms with Crippen LogP contribution >= 0.6 is 12.2 Å². The van der Waals surface area contributed by atoms with Crippen LogP contribution in [-0.4, -0.2) is 14.9 Å².